The Balaban J connectivity index is 1.79. The van der Waals surface area contributed by atoms with Crippen molar-refractivity contribution in [2.45, 2.75) is 26.9 Å². The highest BCUT2D eigenvalue weighted by Crippen LogP contribution is 2.28. The molecule has 1 aliphatic rings. The number of rotatable bonds is 4. The number of carbonyl (C=O) groups excluding carboxylic acids is 2. The van der Waals surface area contributed by atoms with Crippen LogP contribution >= 0.6 is 11.3 Å². The standard InChI is InChI=1S/C16H19N5O2S/c1-9(2)14-17-12-7-5-4-6-11(12)15(23)21(14)8-13(22)18-16-20-19-10(3)24-16/h4-7,9,14,17H,8H2,1-3H3,(H,18,20,22)/t14-/m0/s1. The highest BCUT2D eigenvalue weighted by molar-refractivity contribution is 7.15. The van der Waals surface area contributed by atoms with Crippen molar-refractivity contribution in [3.63, 3.8) is 0 Å². The monoisotopic (exact) mass is 345 g/mol. The molecule has 126 valence electrons. The first-order chi connectivity index (χ1) is 11.5. The predicted molar refractivity (Wildman–Crippen MR) is 93.0 cm³/mol. The van der Waals surface area contributed by atoms with E-state index in [9.17, 15) is 9.59 Å². The number of nitrogens with one attached hydrogen (secondary N) is 2. The third kappa shape index (κ3) is 3.23. The quantitative estimate of drug-likeness (QED) is 0.888. The van der Waals surface area contributed by atoms with Gasteiger partial charge in [-0.05, 0) is 25.0 Å². The Morgan fingerprint density at radius 3 is 2.79 bits per heavy atom. The SMILES string of the molecule is Cc1nnc(NC(=O)CN2C(=O)c3ccccc3N[C@@H]2C(C)C)s1. The van der Waals surface area contributed by atoms with Crippen molar-refractivity contribution in [3.05, 3.63) is 34.8 Å². The molecule has 0 radical (unpaired) electrons. The summed E-state index contributed by atoms with van der Waals surface area (Å²) in [4.78, 5) is 26.7. The van der Waals surface area contributed by atoms with Gasteiger partial charge in [0, 0.05) is 5.69 Å². The van der Waals surface area contributed by atoms with E-state index < -0.39 is 0 Å². The maximum atomic E-state index is 12.8. The molecule has 0 bridgehead atoms. The van der Waals surface area contributed by atoms with Gasteiger partial charge in [0.05, 0.1) is 5.56 Å². The van der Waals surface area contributed by atoms with E-state index in [4.69, 9.17) is 0 Å². The van der Waals surface area contributed by atoms with Crippen LogP contribution in [-0.4, -0.2) is 39.6 Å². The Hall–Kier alpha value is -2.48. The molecular weight excluding hydrogens is 326 g/mol. The van der Waals surface area contributed by atoms with E-state index in [1.54, 1.807) is 11.0 Å². The lowest BCUT2D eigenvalue weighted by atomic mass is 10.0. The molecule has 1 aliphatic heterocycles. The van der Waals surface area contributed by atoms with Crippen molar-refractivity contribution in [1.82, 2.24) is 15.1 Å². The largest absolute Gasteiger partial charge is 0.364 e. The van der Waals surface area contributed by atoms with Gasteiger partial charge in [0.2, 0.25) is 11.0 Å². The van der Waals surface area contributed by atoms with E-state index in [0.717, 1.165) is 10.7 Å². The fourth-order valence-electron chi connectivity index (χ4n) is 2.67. The zero-order valence-electron chi connectivity index (χ0n) is 13.7. The van der Waals surface area contributed by atoms with Gasteiger partial charge in [-0.1, -0.05) is 37.3 Å². The van der Waals surface area contributed by atoms with Crippen molar-refractivity contribution in [2.75, 3.05) is 17.2 Å². The summed E-state index contributed by atoms with van der Waals surface area (Å²) in [6.07, 6.45) is -0.241. The van der Waals surface area contributed by atoms with E-state index in [0.29, 0.717) is 10.7 Å². The minimum absolute atomic E-state index is 0.0400. The number of anilines is 2. The summed E-state index contributed by atoms with van der Waals surface area (Å²) in [5.41, 5.74) is 1.38. The van der Waals surface area contributed by atoms with Gasteiger partial charge in [-0.3, -0.25) is 14.9 Å². The van der Waals surface area contributed by atoms with Gasteiger partial charge in [-0.15, -0.1) is 10.2 Å². The normalized spacial score (nSPS) is 16.8. The van der Waals surface area contributed by atoms with Gasteiger partial charge in [0.25, 0.3) is 5.91 Å². The molecule has 2 heterocycles. The first-order valence-electron chi connectivity index (χ1n) is 7.72. The third-order valence-corrected chi connectivity index (χ3v) is 4.53. The fourth-order valence-corrected chi connectivity index (χ4v) is 3.28. The van der Waals surface area contributed by atoms with Gasteiger partial charge in [0.1, 0.15) is 17.7 Å². The van der Waals surface area contributed by atoms with Crippen LogP contribution < -0.4 is 10.6 Å². The fraction of sp³-hybridized carbons (Fsp3) is 0.375. The Labute approximate surface area is 144 Å². The molecule has 7 nitrogen and oxygen atoms in total. The van der Waals surface area contributed by atoms with Crippen molar-refractivity contribution >= 4 is 34.0 Å². The smallest absolute Gasteiger partial charge is 0.258 e. The summed E-state index contributed by atoms with van der Waals surface area (Å²) < 4.78 is 0. The van der Waals surface area contributed by atoms with Gasteiger partial charge in [-0.25, -0.2) is 0 Å². The van der Waals surface area contributed by atoms with Crippen molar-refractivity contribution in [3.8, 4) is 0 Å². The average molecular weight is 345 g/mol. The van der Waals surface area contributed by atoms with Crippen molar-refractivity contribution in [2.24, 2.45) is 5.92 Å². The number of aromatic nitrogens is 2. The van der Waals surface area contributed by atoms with Crippen LogP contribution in [0, 0.1) is 12.8 Å². The first-order valence-corrected chi connectivity index (χ1v) is 8.54. The maximum absolute atomic E-state index is 12.8. The third-order valence-electron chi connectivity index (χ3n) is 3.78. The Morgan fingerprint density at radius 2 is 2.12 bits per heavy atom. The number of benzene rings is 1. The number of nitrogens with zero attached hydrogens (tertiary/aromatic N) is 3. The zero-order valence-corrected chi connectivity index (χ0v) is 14.6. The van der Waals surface area contributed by atoms with Crippen LogP contribution in [0.25, 0.3) is 0 Å². The van der Waals surface area contributed by atoms with Gasteiger partial charge >= 0.3 is 0 Å². The topological polar surface area (TPSA) is 87.2 Å². The molecule has 2 N–H and O–H groups in total. The number of amides is 2. The molecule has 1 atom stereocenters. The number of para-hydroxylation sites is 1. The molecule has 0 saturated heterocycles. The van der Waals surface area contributed by atoms with Gasteiger partial charge in [0.15, 0.2) is 0 Å². The molecule has 1 aromatic heterocycles. The minimum atomic E-state index is -0.286. The molecular formula is C16H19N5O2S. The maximum Gasteiger partial charge on any atom is 0.258 e. The Bertz CT molecular complexity index is 773. The molecule has 24 heavy (non-hydrogen) atoms. The van der Waals surface area contributed by atoms with E-state index in [1.165, 1.54) is 11.3 Å². The molecule has 0 unspecified atom stereocenters. The second-order valence-corrected chi connectivity index (χ2v) is 7.17. The summed E-state index contributed by atoms with van der Waals surface area (Å²) in [5.74, 6) is -0.281. The minimum Gasteiger partial charge on any atom is -0.364 e. The van der Waals surface area contributed by atoms with Crippen LogP contribution in [0.4, 0.5) is 10.8 Å². The second-order valence-electron chi connectivity index (χ2n) is 5.99. The van der Waals surface area contributed by atoms with Crippen molar-refractivity contribution in [1.29, 1.82) is 0 Å². The number of aryl methyl sites for hydroxylation is 1. The summed E-state index contributed by atoms with van der Waals surface area (Å²) in [5, 5.41) is 15.0. The molecule has 3 rings (SSSR count). The number of hydrogen-bond acceptors (Lipinski definition) is 6. The molecule has 0 saturated carbocycles. The zero-order chi connectivity index (χ0) is 17.3. The van der Waals surface area contributed by atoms with E-state index >= 15 is 0 Å². The molecule has 8 heteroatoms. The van der Waals surface area contributed by atoms with Crippen LogP contribution in [-0.2, 0) is 4.79 Å². The lowest BCUT2D eigenvalue weighted by Crippen LogP contribution is -2.53. The summed E-state index contributed by atoms with van der Waals surface area (Å²) in [6, 6.07) is 7.34. The lowest BCUT2D eigenvalue weighted by Gasteiger charge is -2.39. The van der Waals surface area contributed by atoms with Crippen LogP contribution in [0.5, 0.6) is 0 Å². The molecule has 0 spiro atoms. The highest BCUT2D eigenvalue weighted by atomic mass is 32.1. The van der Waals surface area contributed by atoms with E-state index in [2.05, 4.69) is 20.8 Å². The Morgan fingerprint density at radius 1 is 1.38 bits per heavy atom. The van der Waals surface area contributed by atoms with Crippen LogP contribution in [0.3, 0.4) is 0 Å². The average Bonchev–Trinajstić information content (AvgIpc) is 2.94. The number of carbonyl (C=O) groups is 2. The van der Waals surface area contributed by atoms with Gasteiger partial charge in [-0.2, -0.15) is 0 Å². The second kappa shape index (κ2) is 6.56. The lowest BCUT2D eigenvalue weighted by molar-refractivity contribution is -0.117. The van der Waals surface area contributed by atoms with Crippen LogP contribution in [0.1, 0.15) is 29.2 Å². The predicted octanol–water partition coefficient (Wildman–Crippen LogP) is 2.34. The Kier molecular flexibility index (Phi) is 4.48. The summed E-state index contributed by atoms with van der Waals surface area (Å²) in [6.45, 7) is 5.80. The molecule has 2 aromatic rings. The molecule has 1 aromatic carbocycles. The molecule has 0 aliphatic carbocycles. The first kappa shape index (κ1) is 16.4. The summed E-state index contributed by atoms with van der Waals surface area (Å²) >= 11 is 1.30. The molecule has 0 fully saturated rings. The molecule has 2 amide bonds. The van der Waals surface area contributed by atoms with Crippen molar-refractivity contribution < 1.29 is 9.59 Å². The van der Waals surface area contributed by atoms with Gasteiger partial charge < -0.3 is 10.2 Å². The van der Waals surface area contributed by atoms with Crippen LogP contribution in [0.15, 0.2) is 24.3 Å². The highest BCUT2D eigenvalue weighted by Gasteiger charge is 2.34. The van der Waals surface area contributed by atoms with E-state index in [-0.39, 0.29) is 30.4 Å². The van der Waals surface area contributed by atoms with Crippen LogP contribution in [0.2, 0.25) is 0 Å². The number of hydrogen-bond donors (Lipinski definition) is 2. The summed E-state index contributed by atoms with van der Waals surface area (Å²) in [7, 11) is 0. The number of fused-ring (bicyclic) bond motifs is 1. The van der Waals surface area contributed by atoms with E-state index in [1.807, 2.05) is 39.0 Å².